The molecule has 2 aromatic rings. The number of hydrogen-bond donors (Lipinski definition) is 2. The number of nitrogens with one attached hydrogen (secondary N) is 1. The van der Waals surface area contributed by atoms with Gasteiger partial charge >= 0.3 is 0 Å². The van der Waals surface area contributed by atoms with Gasteiger partial charge in [-0.05, 0) is 13.0 Å². The minimum atomic E-state index is -0.325. The highest BCUT2D eigenvalue weighted by Crippen LogP contribution is 2.27. The van der Waals surface area contributed by atoms with E-state index >= 15 is 0 Å². The number of nitrogens with zero attached hydrogens (tertiary/aromatic N) is 2. The van der Waals surface area contributed by atoms with Crippen LogP contribution in [0.5, 0.6) is 5.75 Å². The third kappa shape index (κ3) is 1.90. The van der Waals surface area contributed by atoms with E-state index in [1.165, 1.54) is 0 Å². The summed E-state index contributed by atoms with van der Waals surface area (Å²) in [6.07, 6.45) is 1.62. The van der Waals surface area contributed by atoms with Gasteiger partial charge in [-0.15, -0.1) is 0 Å². The van der Waals surface area contributed by atoms with Crippen LogP contribution in [0.3, 0.4) is 0 Å². The zero-order valence-corrected chi connectivity index (χ0v) is 9.27. The zero-order chi connectivity index (χ0) is 11.5. The molecule has 5 heteroatoms. The molecule has 0 spiro atoms. The third-order valence-electron chi connectivity index (χ3n) is 2.47. The lowest BCUT2D eigenvalue weighted by Crippen LogP contribution is -2.13. The van der Waals surface area contributed by atoms with Crippen LogP contribution in [-0.2, 0) is 0 Å². The molecule has 0 saturated heterocycles. The van der Waals surface area contributed by atoms with Gasteiger partial charge in [0.25, 0.3) is 0 Å². The number of aromatic amines is 1. The standard InChI is InChI=1S/C11H14N4O/c1-7-3-4-10(16-2)8(5-7)11(12)9-6-13-15-14-9/h3-6,11H,12H2,1-2H3,(H,13,14,15). The molecule has 1 aromatic heterocycles. The van der Waals surface area contributed by atoms with Crippen molar-refractivity contribution in [2.24, 2.45) is 5.73 Å². The summed E-state index contributed by atoms with van der Waals surface area (Å²) >= 11 is 0. The molecule has 2 rings (SSSR count). The Kier molecular flexibility index (Phi) is 2.87. The van der Waals surface area contributed by atoms with Crippen molar-refractivity contribution in [3.05, 3.63) is 41.2 Å². The summed E-state index contributed by atoms with van der Waals surface area (Å²) in [4.78, 5) is 0. The number of methoxy groups -OCH3 is 1. The zero-order valence-electron chi connectivity index (χ0n) is 9.27. The normalized spacial score (nSPS) is 12.4. The van der Waals surface area contributed by atoms with Crippen LogP contribution in [0.4, 0.5) is 0 Å². The fourth-order valence-electron chi connectivity index (χ4n) is 1.62. The first kappa shape index (κ1) is 10.6. The second-order valence-electron chi connectivity index (χ2n) is 3.62. The van der Waals surface area contributed by atoms with Gasteiger partial charge in [0.2, 0.25) is 0 Å². The van der Waals surface area contributed by atoms with Crippen LogP contribution < -0.4 is 10.5 Å². The minimum absolute atomic E-state index is 0.325. The maximum atomic E-state index is 6.10. The van der Waals surface area contributed by atoms with Gasteiger partial charge in [0.1, 0.15) is 11.4 Å². The van der Waals surface area contributed by atoms with Crippen molar-refractivity contribution < 1.29 is 4.74 Å². The van der Waals surface area contributed by atoms with E-state index in [0.717, 1.165) is 16.9 Å². The van der Waals surface area contributed by atoms with Crippen molar-refractivity contribution in [2.75, 3.05) is 7.11 Å². The topological polar surface area (TPSA) is 76.8 Å². The number of benzene rings is 1. The van der Waals surface area contributed by atoms with E-state index in [1.807, 2.05) is 25.1 Å². The summed E-state index contributed by atoms with van der Waals surface area (Å²) in [5, 5.41) is 10.3. The lowest BCUT2D eigenvalue weighted by atomic mass is 10.0. The molecule has 0 saturated carbocycles. The number of rotatable bonds is 3. The monoisotopic (exact) mass is 218 g/mol. The molecule has 16 heavy (non-hydrogen) atoms. The number of nitrogens with two attached hydrogens (primary N) is 1. The molecule has 84 valence electrons. The highest BCUT2D eigenvalue weighted by atomic mass is 16.5. The van der Waals surface area contributed by atoms with Crippen molar-refractivity contribution in [2.45, 2.75) is 13.0 Å². The molecule has 0 aliphatic heterocycles. The molecule has 0 aliphatic carbocycles. The summed E-state index contributed by atoms with van der Waals surface area (Å²) in [5.74, 6) is 0.765. The Morgan fingerprint density at radius 3 is 2.88 bits per heavy atom. The second-order valence-corrected chi connectivity index (χ2v) is 3.62. The van der Waals surface area contributed by atoms with Gasteiger partial charge in [-0.25, -0.2) is 0 Å². The maximum Gasteiger partial charge on any atom is 0.124 e. The van der Waals surface area contributed by atoms with Crippen LogP contribution in [0, 0.1) is 6.92 Å². The van der Waals surface area contributed by atoms with Crippen LogP contribution in [0.1, 0.15) is 22.9 Å². The van der Waals surface area contributed by atoms with Crippen LogP contribution in [0.2, 0.25) is 0 Å². The third-order valence-corrected chi connectivity index (χ3v) is 2.47. The fourth-order valence-corrected chi connectivity index (χ4v) is 1.62. The molecular formula is C11H14N4O. The van der Waals surface area contributed by atoms with Gasteiger partial charge in [0.15, 0.2) is 0 Å². The second kappa shape index (κ2) is 4.32. The number of hydrogen-bond acceptors (Lipinski definition) is 4. The SMILES string of the molecule is COc1ccc(C)cc1C(N)c1cn[nH]n1. The molecule has 1 atom stereocenters. The van der Waals surface area contributed by atoms with Gasteiger partial charge in [0.05, 0.1) is 19.3 Å². The maximum absolute atomic E-state index is 6.10. The van der Waals surface area contributed by atoms with E-state index in [-0.39, 0.29) is 6.04 Å². The van der Waals surface area contributed by atoms with Crippen molar-refractivity contribution in [3.63, 3.8) is 0 Å². The van der Waals surface area contributed by atoms with Gasteiger partial charge < -0.3 is 10.5 Å². The van der Waals surface area contributed by atoms with E-state index in [2.05, 4.69) is 15.4 Å². The lowest BCUT2D eigenvalue weighted by molar-refractivity contribution is 0.407. The fraction of sp³-hybridized carbons (Fsp3) is 0.273. The predicted octanol–water partition coefficient (Wildman–Crippen LogP) is 1.17. The Morgan fingerprint density at radius 1 is 1.44 bits per heavy atom. The average Bonchev–Trinajstić information content (AvgIpc) is 2.81. The van der Waals surface area contributed by atoms with E-state index in [9.17, 15) is 0 Å². The minimum Gasteiger partial charge on any atom is -0.496 e. The highest BCUT2D eigenvalue weighted by Gasteiger charge is 2.16. The van der Waals surface area contributed by atoms with Gasteiger partial charge in [-0.2, -0.15) is 15.4 Å². The molecule has 3 N–H and O–H groups in total. The van der Waals surface area contributed by atoms with Crippen molar-refractivity contribution in [1.29, 1.82) is 0 Å². The van der Waals surface area contributed by atoms with E-state index in [0.29, 0.717) is 5.69 Å². The predicted molar refractivity (Wildman–Crippen MR) is 60.1 cm³/mol. The summed E-state index contributed by atoms with van der Waals surface area (Å²) in [7, 11) is 1.63. The molecule has 0 aliphatic rings. The Balaban J connectivity index is 2.42. The first-order valence-electron chi connectivity index (χ1n) is 4.98. The van der Waals surface area contributed by atoms with E-state index in [4.69, 9.17) is 10.5 Å². The molecule has 1 aromatic carbocycles. The number of ether oxygens (including phenoxy) is 1. The summed E-state index contributed by atoms with van der Waals surface area (Å²) in [6, 6.07) is 5.56. The van der Waals surface area contributed by atoms with Crippen LogP contribution in [0.25, 0.3) is 0 Å². The lowest BCUT2D eigenvalue weighted by Gasteiger charge is -2.14. The largest absolute Gasteiger partial charge is 0.496 e. The Morgan fingerprint density at radius 2 is 2.25 bits per heavy atom. The molecule has 0 amide bonds. The van der Waals surface area contributed by atoms with Crippen molar-refractivity contribution >= 4 is 0 Å². The molecular weight excluding hydrogens is 204 g/mol. The number of aromatic nitrogens is 3. The van der Waals surface area contributed by atoms with E-state index < -0.39 is 0 Å². The average molecular weight is 218 g/mol. The molecule has 1 unspecified atom stereocenters. The Bertz CT molecular complexity index is 467. The van der Waals surface area contributed by atoms with Gasteiger partial charge in [-0.3, -0.25) is 0 Å². The number of H-pyrrole nitrogens is 1. The van der Waals surface area contributed by atoms with Crippen LogP contribution >= 0.6 is 0 Å². The Labute approximate surface area is 93.6 Å². The van der Waals surface area contributed by atoms with Gasteiger partial charge in [-0.1, -0.05) is 17.7 Å². The molecule has 5 nitrogen and oxygen atoms in total. The van der Waals surface area contributed by atoms with Crippen molar-refractivity contribution in [1.82, 2.24) is 15.4 Å². The Hall–Kier alpha value is -1.88. The van der Waals surface area contributed by atoms with Crippen LogP contribution in [0.15, 0.2) is 24.4 Å². The highest BCUT2D eigenvalue weighted by molar-refractivity contribution is 5.41. The molecule has 0 fully saturated rings. The number of aryl methyl sites for hydroxylation is 1. The quantitative estimate of drug-likeness (QED) is 0.810. The summed E-state index contributed by atoms with van der Waals surface area (Å²) in [6.45, 7) is 2.01. The summed E-state index contributed by atoms with van der Waals surface area (Å²) < 4.78 is 5.28. The first-order valence-corrected chi connectivity index (χ1v) is 4.98. The summed E-state index contributed by atoms with van der Waals surface area (Å²) in [5.41, 5.74) is 8.85. The molecule has 1 heterocycles. The van der Waals surface area contributed by atoms with Crippen LogP contribution in [-0.4, -0.2) is 22.5 Å². The van der Waals surface area contributed by atoms with Gasteiger partial charge in [0, 0.05) is 5.56 Å². The van der Waals surface area contributed by atoms with E-state index in [1.54, 1.807) is 13.3 Å². The molecule has 0 bridgehead atoms. The van der Waals surface area contributed by atoms with Crippen molar-refractivity contribution in [3.8, 4) is 5.75 Å². The smallest absolute Gasteiger partial charge is 0.124 e. The first-order chi connectivity index (χ1) is 7.72. The molecule has 0 radical (unpaired) electrons.